The molecular weight excluding hydrogens is 299 g/mol. The van der Waals surface area contributed by atoms with Gasteiger partial charge in [0.05, 0.1) is 17.7 Å². The third-order valence-corrected chi connectivity index (χ3v) is 3.64. The molecule has 19 heavy (non-hydrogen) atoms. The summed E-state index contributed by atoms with van der Waals surface area (Å²) in [6, 6.07) is 2.64. The van der Waals surface area contributed by atoms with Crippen molar-refractivity contribution in [3.05, 3.63) is 27.7 Å². The number of carbonyl (C=O) groups is 1. The molecule has 0 saturated heterocycles. The molecule has 1 unspecified atom stereocenters. The molecule has 1 heterocycles. The van der Waals surface area contributed by atoms with Crippen LogP contribution in [0.15, 0.2) is 12.1 Å². The van der Waals surface area contributed by atoms with Gasteiger partial charge in [-0.3, -0.25) is 4.79 Å². The average Bonchev–Trinajstić information content (AvgIpc) is 2.57. The van der Waals surface area contributed by atoms with Crippen molar-refractivity contribution >= 4 is 29.1 Å². The van der Waals surface area contributed by atoms with E-state index >= 15 is 0 Å². The SMILES string of the molecule is O=C(NC1CCCOc2c1ccc(Cl)c2Cl)C(F)F. The number of benzene rings is 1. The van der Waals surface area contributed by atoms with Crippen molar-refractivity contribution in [3.8, 4) is 5.75 Å². The predicted molar refractivity (Wildman–Crippen MR) is 68.1 cm³/mol. The van der Waals surface area contributed by atoms with E-state index in [9.17, 15) is 13.6 Å². The summed E-state index contributed by atoms with van der Waals surface area (Å²) in [4.78, 5) is 11.1. The Hall–Kier alpha value is -1.07. The fourth-order valence-corrected chi connectivity index (χ4v) is 2.35. The normalized spacial score (nSPS) is 18.5. The number of amides is 1. The van der Waals surface area contributed by atoms with Crippen LogP contribution in [0, 0.1) is 0 Å². The van der Waals surface area contributed by atoms with Gasteiger partial charge >= 0.3 is 6.43 Å². The molecule has 1 aliphatic rings. The molecular formula is C12H11Cl2F2NO2. The largest absolute Gasteiger partial charge is 0.492 e. The number of hydrogen-bond acceptors (Lipinski definition) is 2. The summed E-state index contributed by atoms with van der Waals surface area (Å²) in [5.74, 6) is -0.949. The minimum absolute atomic E-state index is 0.234. The Bertz CT molecular complexity index is 497. The molecule has 1 aliphatic heterocycles. The number of rotatable bonds is 2. The Morgan fingerprint density at radius 2 is 2.16 bits per heavy atom. The third kappa shape index (κ3) is 3.09. The van der Waals surface area contributed by atoms with Crippen LogP contribution in [0.5, 0.6) is 5.75 Å². The highest BCUT2D eigenvalue weighted by Crippen LogP contribution is 2.40. The quantitative estimate of drug-likeness (QED) is 0.906. The molecule has 0 radical (unpaired) electrons. The van der Waals surface area contributed by atoms with Gasteiger partial charge < -0.3 is 10.1 Å². The van der Waals surface area contributed by atoms with E-state index in [0.29, 0.717) is 35.8 Å². The Morgan fingerprint density at radius 3 is 2.84 bits per heavy atom. The van der Waals surface area contributed by atoms with Crippen LogP contribution in [-0.4, -0.2) is 18.9 Å². The first kappa shape index (κ1) is 14.3. The van der Waals surface area contributed by atoms with E-state index in [2.05, 4.69) is 5.32 Å². The zero-order chi connectivity index (χ0) is 14.0. The van der Waals surface area contributed by atoms with E-state index in [1.165, 1.54) is 0 Å². The average molecular weight is 310 g/mol. The lowest BCUT2D eigenvalue weighted by Gasteiger charge is -2.19. The van der Waals surface area contributed by atoms with Gasteiger partial charge in [-0.15, -0.1) is 0 Å². The van der Waals surface area contributed by atoms with E-state index in [-0.39, 0.29) is 5.02 Å². The molecule has 3 nitrogen and oxygen atoms in total. The highest BCUT2D eigenvalue weighted by atomic mass is 35.5. The van der Waals surface area contributed by atoms with E-state index in [1.54, 1.807) is 12.1 Å². The number of hydrogen-bond donors (Lipinski definition) is 1. The van der Waals surface area contributed by atoms with Crippen molar-refractivity contribution in [2.75, 3.05) is 6.61 Å². The van der Waals surface area contributed by atoms with Gasteiger partial charge in [0.25, 0.3) is 5.91 Å². The Kier molecular flexibility index (Phi) is 4.47. The van der Waals surface area contributed by atoms with Crippen molar-refractivity contribution in [2.45, 2.75) is 25.3 Å². The number of alkyl halides is 2. The molecule has 2 rings (SSSR count). The molecule has 7 heteroatoms. The molecule has 0 fully saturated rings. The first-order valence-corrected chi connectivity index (χ1v) is 6.45. The predicted octanol–water partition coefficient (Wildman–Crippen LogP) is 3.59. The first-order chi connectivity index (χ1) is 9.00. The lowest BCUT2D eigenvalue weighted by atomic mass is 10.0. The maximum absolute atomic E-state index is 12.3. The standard InChI is InChI=1S/C12H11Cl2F2NO2/c13-7-4-3-6-8(17-12(18)11(15)16)2-1-5-19-10(6)9(7)14/h3-4,8,11H,1-2,5H2,(H,17,18). The van der Waals surface area contributed by atoms with Gasteiger partial charge in [-0.1, -0.05) is 29.3 Å². The molecule has 0 bridgehead atoms. The Balaban J connectivity index is 2.33. The van der Waals surface area contributed by atoms with Crippen LogP contribution < -0.4 is 10.1 Å². The monoisotopic (exact) mass is 309 g/mol. The Labute approximate surface area is 118 Å². The van der Waals surface area contributed by atoms with Gasteiger partial charge in [0, 0.05) is 5.56 Å². The van der Waals surface area contributed by atoms with E-state index < -0.39 is 18.4 Å². The van der Waals surface area contributed by atoms with E-state index in [0.717, 1.165) is 0 Å². The second-order valence-electron chi connectivity index (χ2n) is 4.13. The number of halogens is 4. The minimum atomic E-state index is -3.05. The van der Waals surface area contributed by atoms with Crippen molar-refractivity contribution in [2.24, 2.45) is 0 Å². The second kappa shape index (κ2) is 5.92. The van der Waals surface area contributed by atoms with Gasteiger partial charge in [0.2, 0.25) is 0 Å². The van der Waals surface area contributed by atoms with Crippen molar-refractivity contribution in [1.82, 2.24) is 5.32 Å². The number of ether oxygens (including phenoxy) is 1. The van der Waals surface area contributed by atoms with E-state index in [4.69, 9.17) is 27.9 Å². The molecule has 104 valence electrons. The van der Waals surface area contributed by atoms with Gasteiger partial charge in [-0.2, -0.15) is 8.78 Å². The summed E-state index contributed by atoms with van der Waals surface area (Å²) >= 11 is 11.9. The molecule has 1 amide bonds. The van der Waals surface area contributed by atoms with Gasteiger partial charge in [0.1, 0.15) is 10.8 Å². The molecule has 0 aromatic heterocycles. The van der Waals surface area contributed by atoms with Crippen molar-refractivity contribution in [1.29, 1.82) is 0 Å². The zero-order valence-corrected chi connectivity index (χ0v) is 11.3. The summed E-state index contributed by atoms with van der Waals surface area (Å²) in [5.41, 5.74) is 0.570. The fraction of sp³-hybridized carbons (Fsp3) is 0.417. The maximum atomic E-state index is 12.3. The van der Waals surface area contributed by atoms with Crippen LogP contribution in [0.2, 0.25) is 10.0 Å². The summed E-state index contributed by atoms with van der Waals surface area (Å²) in [6.45, 7) is 0.397. The topological polar surface area (TPSA) is 38.3 Å². The molecule has 1 atom stereocenters. The van der Waals surface area contributed by atoms with Crippen molar-refractivity contribution < 1.29 is 18.3 Å². The molecule has 1 aromatic rings. The summed E-state index contributed by atoms with van der Waals surface area (Å²) in [6.07, 6.45) is -1.92. The van der Waals surface area contributed by atoms with Gasteiger partial charge in [-0.25, -0.2) is 0 Å². The lowest BCUT2D eigenvalue weighted by molar-refractivity contribution is -0.132. The van der Waals surface area contributed by atoms with E-state index in [1.807, 2.05) is 0 Å². The Morgan fingerprint density at radius 1 is 1.42 bits per heavy atom. The molecule has 0 saturated carbocycles. The van der Waals surface area contributed by atoms with Crippen LogP contribution in [0.3, 0.4) is 0 Å². The minimum Gasteiger partial charge on any atom is -0.492 e. The van der Waals surface area contributed by atoms with Crippen LogP contribution in [0.4, 0.5) is 8.78 Å². The summed E-state index contributed by atoms with van der Waals surface area (Å²) in [7, 11) is 0. The highest BCUT2D eigenvalue weighted by Gasteiger charge is 2.26. The van der Waals surface area contributed by atoms with Crippen molar-refractivity contribution in [3.63, 3.8) is 0 Å². The smallest absolute Gasteiger partial charge is 0.315 e. The first-order valence-electron chi connectivity index (χ1n) is 5.70. The van der Waals surface area contributed by atoms with Gasteiger partial charge in [0.15, 0.2) is 0 Å². The highest BCUT2D eigenvalue weighted by molar-refractivity contribution is 6.43. The van der Waals surface area contributed by atoms with Crippen LogP contribution >= 0.6 is 23.2 Å². The fourth-order valence-electron chi connectivity index (χ4n) is 1.97. The number of carbonyl (C=O) groups excluding carboxylic acids is 1. The maximum Gasteiger partial charge on any atom is 0.315 e. The summed E-state index contributed by atoms with van der Waals surface area (Å²) in [5, 5.41) is 2.84. The van der Waals surface area contributed by atoms with Crippen LogP contribution in [0.25, 0.3) is 0 Å². The zero-order valence-electron chi connectivity index (χ0n) is 9.76. The third-order valence-electron chi connectivity index (χ3n) is 2.85. The lowest BCUT2D eigenvalue weighted by Crippen LogP contribution is -2.33. The summed E-state index contributed by atoms with van der Waals surface area (Å²) < 4.78 is 30.1. The van der Waals surface area contributed by atoms with Crippen LogP contribution in [0.1, 0.15) is 24.4 Å². The second-order valence-corrected chi connectivity index (χ2v) is 4.92. The van der Waals surface area contributed by atoms with Gasteiger partial charge in [-0.05, 0) is 18.9 Å². The molecule has 1 N–H and O–H groups in total. The number of nitrogens with one attached hydrogen (secondary N) is 1. The molecule has 0 spiro atoms. The number of fused-ring (bicyclic) bond motifs is 1. The van der Waals surface area contributed by atoms with Crippen LogP contribution in [-0.2, 0) is 4.79 Å². The molecule has 0 aliphatic carbocycles. The molecule has 1 aromatic carbocycles.